The van der Waals surface area contributed by atoms with Crippen LogP contribution in [0.25, 0.3) is 5.57 Å². The number of ether oxygens (including phenoxy) is 2. The lowest BCUT2D eigenvalue weighted by Crippen LogP contribution is -2.09. The van der Waals surface area contributed by atoms with Crippen molar-refractivity contribution in [2.24, 2.45) is 0 Å². The van der Waals surface area contributed by atoms with Crippen LogP contribution >= 0.6 is 0 Å². The lowest BCUT2D eigenvalue weighted by Gasteiger charge is -2.18. The number of methoxy groups -OCH3 is 1. The van der Waals surface area contributed by atoms with Gasteiger partial charge in [-0.2, -0.15) is 0 Å². The highest BCUT2D eigenvalue weighted by atomic mass is 19.1. The molecule has 3 heteroatoms. The fourth-order valence-corrected chi connectivity index (χ4v) is 1.56. The van der Waals surface area contributed by atoms with Crippen molar-refractivity contribution >= 4 is 5.57 Å². The van der Waals surface area contributed by atoms with E-state index >= 15 is 0 Å². The fourth-order valence-electron chi connectivity index (χ4n) is 1.56. The van der Waals surface area contributed by atoms with Gasteiger partial charge in [-0.25, -0.2) is 4.39 Å². The van der Waals surface area contributed by atoms with Gasteiger partial charge in [0.25, 0.3) is 0 Å². The van der Waals surface area contributed by atoms with Crippen molar-refractivity contribution < 1.29 is 13.9 Å². The van der Waals surface area contributed by atoms with Crippen LogP contribution in [0.1, 0.15) is 11.1 Å². The summed E-state index contributed by atoms with van der Waals surface area (Å²) in [5.41, 5.74) is 2.77. The molecule has 0 amide bonds. The molecule has 0 unspecified atom stereocenters. The van der Waals surface area contributed by atoms with E-state index in [0.29, 0.717) is 13.2 Å². The first-order valence-electron chi connectivity index (χ1n) is 4.39. The van der Waals surface area contributed by atoms with Gasteiger partial charge in [-0.3, -0.25) is 0 Å². The maximum atomic E-state index is 13.0. The monoisotopic (exact) mass is 194 g/mol. The summed E-state index contributed by atoms with van der Waals surface area (Å²) in [7, 11) is 1.57. The molecule has 0 N–H and O–H groups in total. The van der Waals surface area contributed by atoms with Gasteiger partial charge < -0.3 is 9.47 Å². The Morgan fingerprint density at radius 1 is 1.43 bits per heavy atom. The molecule has 2 rings (SSSR count). The van der Waals surface area contributed by atoms with Crippen LogP contribution in [-0.2, 0) is 16.1 Å². The maximum absolute atomic E-state index is 13.0. The Hall–Kier alpha value is -1.35. The summed E-state index contributed by atoms with van der Waals surface area (Å²) in [6, 6.07) is 4.70. The molecule has 0 spiro atoms. The number of benzene rings is 1. The van der Waals surface area contributed by atoms with Gasteiger partial charge in [0, 0.05) is 5.57 Å². The summed E-state index contributed by atoms with van der Waals surface area (Å²) < 4.78 is 23.2. The van der Waals surface area contributed by atoms with Crippen molar-refractivity contribution in [2.75, 3.05) is 13.7 Å². The van der Waals surface area contributed by atoms with Crippen LogP contribution in [0.4, 0.5) is 4.39 Å². The Morgan fingerprint density at radius 3 is 3.07 bits per heavy atom. The summed E-state index contributed by atoms with van der Waals surface area (Å²) in [6.45, 7) is 1.01. The molecular weight excluding hydrogens is 183 g/mol. The van der Waals surface area contributed by atoms with Crippen LogP contribution in [-0.4, -0.2) is 13.7 Å². The van der Waals surface area contributed by atoms with Gasteiger partial charge in [0.05, 0.1) is 26.6 Å². The van der Waals surface area contributed by atoms with E-state index in [-0.39, 0.29) is 5.82 Å². The van der Waals surface area contributed by atoms with E-state index < -0.39 is 0 Å². The molecule has 2 nitrogen and oxygen atoms in total. The van der Waals surface area contributed by atoms with E-state index in [1.807, 2.05) is 0 Å². The van der Waals surface area contributed by atoms with Gasteiger partial charge in [0.2, 0.25) is 0 Å². The molecule has 0 fully saturated rings. The zero-order valence-electron chi connectivity index (χ0n) is 7.92. The second-order valence-corrected chi connectivity index (χ2v) is 3.17. The molecule has 0 bridgehead atoms. The molecule has 1 heterocycles. The Bertz CT molecular complexity index is 372. The first kappa shape index (κ1) is 9.21. The SMILES string of the molecule is COC=C1COCc2ccc(F)cc21. The molecule has 1 aromatic carbocycles. The fraction of sp³-hybridized carbons (Fsp3) is 0.273. The Labute approximate surface area is 82.0 Å². The van der Waals surface area contributed by atoms with Crippen molar-refractivity contribution in [1.29, 1.82) is 0 Å². The van der Waals surface area contributed by atoms with E-state index in [4.69, 9.17) is 9.47 Å². The lowest BCUT2D eigenvalue weighted by molar-refractivity contribution is 0.144. The molecule has 0 aliphatic carbocycles. The second-order valence-electron chi connectivity index (χ2n) is 3.17. The van der Waals surface area contributed by atoms with Gasteiger partial charge in [-0.1, -0.05) is 6.07 Å². The summed E-state index contributed by atoms with van der Waals surface area (Å²) in [5, 5.41) is 0. The van der Waals surface area contributed by atoms with Gasteiger partial charge >= 0.3 is 0 Å². The Balaban J connectivity index is 2.47. The normalized spacial score (nSPS) is 18.0. The number of rotatable bonds is 1. The predicted molar refractivity (Wildman–Crippen MR) is 51.0 cm³/mol. The van der Waals surface area contributed by atoms with Crippen molar-refractivity contribution in [3.05, 3.63) is 41.4 Å². The van der Waals surface area contributed by atoms with E-state index in [1.54, 1.807) is 19.4 Å². The molecule has 0 saturated carbocycles. The Kier molecular flexibility index (Phi) is 2.50. The Morgan fingerprint density at radius 2 is 2.29 bits per heavy atom. The maximum Gasteiger partial charge on any atom is 0.123 e. The van der Waals surface area contributed by atoms with Gasteiger partial charge in [-0.05, 0) is 23.3 Å². The highest BCUT2D eigenvalue weighted by molar-refractivity contribution is 5.69. The average Bonchev–Trinajstić information content (AvgIpc) is 2.19. The van der Waals surface area contributed by atoms with Gasteiger partial charge in [-0.15, -0.1) is 0 Å². The molecule has 1 aliphatic heterocycles. The molecular formula is C11H11FO2. The number of fused-ring (bicyclic) bond motifs is 1. The summed E-state index contributed by atoms with van der Waals surface area (Å²) in [5.74, 6) is -0.229. The van der Waals surface area contributed by atoms with E-state index in [2.05, 4.69) is 0 Å². The minimum Gasteiger partial charge on any atom is -0.504 e. The van der Waals surface area contributed by atoms with Crippen LogP contribution in [0.5, 0.6) is 0 Å². The molecule has 14 heavy (non-hydrogen) atoms. The minimum absolute atomic E-state index is 0.229. The molecule has 1 aromatic rings. The first-order chi connectivity index (χ1) is 6.81. The first-order valence-corrected chi connectivity index (χ1v) is 4.39. The molecule has 0 aromatic heterocycles. The topological polar surface area (TPSA) is 18.5 Å². The zero-order valence-corrected chi connectivity index (χ0v) is 7.92. The summed E-state index contributed by atoms with van der Waals surface area (Å²) >= 11 is 0. The number of hydrogen-bond acceptors (Lipinski definition) is 2. The van der Waals surface area contributed by atoms with Crippen molar-refractivity contribution in [1.82, 2.24) is 0 Å². The van der Waals surface area contributed by atoms with Crippen molar-refractivity contribution in [2.45, 2.75) is 6.61 Å². The van der Waals surface area contributed by atoms with Gasteiger partial charge in [0.15, 0.2) is 0 Å². The number of halogens is 1. The summed E-state index contributed by atoms with van der Waals surface area (Å²) in [4.78, 5) is 0. The molecule has 0 atom stereocenters. The van der Waals surface area contributed by atoms with Crippen LogP contribution in [0.15, 0.2) is 24.5 Å². The van der Waals surface area contributed by atoms with E-state index in [9.17, 15) is 4.39 Å². The smallest absolute Gasteiger partial charge is 0.123 e. The summed E-state index contributed by atoms with van der Waals surface area (Å²) in [6.07, 6.45) is 1.59. The van der Waals surface area contributed by atoms with Crippen LogP contribution < -0.4 is 0 Å². The van der Waals surface area contributed by atoms with Crippen molar-refractivity contribution in [3.8, 4) is 0 Å². The highest BCUT2D eigenvalue weighted by Crippen LogP contribution is 2.26. The lowest BCUT2D eigenvalue weighted by atomic mass is 9.99. The zero-order chi connectivity index (χ0) is 9.97. The van der Waals surface area contributed by atoms with Crippen LogP contribution in [0.3, 0.4) is 0 Å². The van der Waals surface area contributed by atoms with Crippen LogP contribution in [0.2, 0.25) is 0 Å². The highest BCUT2D eigenvalue weighted by Gasteiger charge is 2.15. The molecule has 1 aliphatic rings. The van der Waals surface area contributed by atoms with Crippen molar-refractivity contribution in [3.63, 3.8) is 0 Å². The van der Waals surface area contributed by atoms with E-state index in [0.717, 1.165) is 16.7 Å². The largest absolute Gasteiger partial charge is 0.504 e. The minimum atomic E-state index is -0.229. The molecule has 0 radical (unpaired) electrons. The standard InChI is InChI=1S/C11H11FO2/c1-13-5-9-7-14-6-8-2-3-10(12)4-11(8)9/h2-5H,6-7H2,1H3. The van der Waals surface area contributed by atoms with Crippen LogP contribution in [0, 0.1) is 5.82 Å². The third-order valence-electron chi connectivity index (χ3n) is 2.19. The number of hydrogen-bond donors (Lipinski definition) is 0. The third-order valence-corrected chi connectivity index (χ3v) is 2.19. The molecule has 74 valence electrons. The second kappa shape index (κ2) is 3.80. The molecule has 0 saturated heterocycles. The predicted octanol–water partition coefficient (Wildman–Crippen LogP) is 2.34. The average molecular weight is 194 g/mol. The quantitative estimate of drug-likeness (QED) is 0.639. The van der Waals surface area contributed by atoms with E-state index in [1.165, 1.54) is 12.1 Å². The van der Waals surface area contributed by atoms with Gasteiger partial charge in [0.1, 0.15) is 5.82 Å². The third kappa shape index (κ3) is 1.63.